The smallest absolute Gasteiger partial charge is 0.311 e. The number of nitrogens with one attached hydrogen (secondary N) is 2. The van der Waals surface area contributed by atoms with Crippen molar-refractivity contribution in [2.75, 3.05) is 52.4 Å². The summed E-state index contributed by atoms with van der Waals surface area (Å²) in [7, 11) is 0. The van der Waals surface area contributed by atoms with Crippen LogP contribution < -0.4 is 16.4 Å². The molecule has 2 heterocycles. The zero-order valence-electron chi connectivity index (χ0n) is 12.8. The minimum Gasteiger partial charge on any atom is -0.369 e. The quantitative estimate of drug-likeness (QED) is 0.508. The molecular weight excluding hydrogens is 286 g/mol. The predicted octanol–water partition coefficient (Wildman–Crippen LogP) is -2.27. The van der Waals surface area contributed by atoms with E-state index in [2.05, 4.69) is 15.5 Å². The van der Waals surface area contributed by atoms with Crippen LogP contribution in [0, 0.1) is 5.92 Å². The van der Waals surface area contributed by atoms with Gasteiger partial charge in [-0.1, -0.05) is 0 Å². The fraction of sp³-hybridized carbons (Fsp3) is 0.786. The third-order valence-corrected chi connectivity index (χ3v) is 4.30. The highest BCUT2D eigenvalue weighted by molar-refractivity contribution is 6.35. The zero-order valence-corrected chi connectivity index (χ0v) is 12.8. The van der Waals surface area contributed by atoms with E-state index in [4.69, 9.17) is 5.73 Å². The molecule has 0 aromatic heterocycles. The Bertz CT molecular complexity index is 415. The number of carbonyl (C=O) groups excluding carboxylic acids is 3. The van der Waals surface area contributed by atoms with Gasteiger partial charge in [0.2, 0.25) is 5.91 Å². The number of rotatable bonds is 4. The summed E-state index contributed by atoms with van der Waals surface area (Å²) in [5.41, 5.74) is 5.25. The number of likely N-dealkylation sites (tertiary alicyclic amines) is 1. The number of hydrogen-bond acceptors (Lipinski definition) is 5. The molecule has 0 radical (unpaired) electrons. The first-order chi connectivity index (χ1) is 10.6. The van der Waals surface area contributed by atoms with Crippen molar-refractivity contribution in [3.8, 4) is 0 Å². The highest BCUT2D eigenvalue weighted by Crippen LogP contribution is 2.16. The Morgan fingerprint density at radius 3 is 2.32 bits per heavy atom. The molecule has 2 fully saturated rings. The summed E-state index contributed by atoms with van der Waals surface area (Å²) >= 11 is 0. The number of nitrogens with two attached hydrogens (primary N) is 1. The number of piperidine rings is 1. The van der Waals surface area contributed by atoms with Gasteiger partial charge in [0.1, 0.15) is 0 Å². The lowest BCUT2D eigenvalue weighted by molar-refractivity contribution is -0.147. The maximum Gasteiger partial charge on any atom is 0.311 e. The van der Waals surface area contributed by atoms with Crippen molar-refractivity contribution in [2.24, 2.45) is 11.7 Å². The van der Waals surface area contributed by atoms with E-state index in [0.29, 0.717) is 32.5 Å². The van der Waals surface area contributed by atoms with Crippen molar-refractivity contribution in [1.29, 1.82) is 0 Å². The molecule has 4 N–H and O–H groups in total. The molecule has 0 spiro atoms. The van der Waals surface area contributed by atoms with Crippen LogP contribution in [-0.4, -0.2) is 79.9 Å². The fourth-order valence-electron chi connectivity index (χ4n) is 2.85. The molecule has 0 unspecified atom stereocenters. The van der Waals surface area contributed by atoms with Crippen molar-refractivity contribution in [3.63, 3.8) is 0 Å². The summed E-state index contributed by atoms with van der Waals surface area (Å²) in [5, 5.41) is 5.94. The maximum atomic E-state index is 12.0. The molecule has 2 rings (SSSR count). The number of carbonyl (C=O) groups is 3. The second-order valence-electron chi connectivity index (χ2n) is 5.82. The van der Waals surface area contributed by atoms with E-state index in [9.17, 15) is 14.4 Å². The van der Waals surface area contributed by atoms with Crippen LogP contribution in [0.4, 0.5) is 0 Å². The number of amides is 3. The molecule has 0 atom stereocenters. The van der Waals surface area contributed by atoms with Gasteiger partial charge in [-0.05, 0) is 12.8 Å². The highest BCUT2D eigenvalue weighted by atomic mass is 16.2. The third kappa shape index (κ3) is 4.67. The Kier molecular flexibility index (Phi) is 6.14. The molecule has 2 aliphatic heterocycles. The molecule has 8 nitrogen and oxygen atoms in total. The second kappa shape index (κ2) is 8.09. The summed E-state index contributed by atoms with van der Waals surface area (Å²) in [5.74, 6) is -1.58. The van der Waals surface area contributed by atoms with E-state index >= 15 is 0 Å². The van der Waals surface area contributed by atoms with Gasteiger partial charge in [0.05, 0.1) is 0 Å². The van der Waals surface area contributed by atoms with Crippen LogP contribution in [0.3, 0.4) is 0 Å². The van der Waals surface area contributed by atoms with Gasteiger partial charge in [-0.3, -0.25) is 19.3 Å². The fourth-order valence-corrected chi connectivity index (χ4v) is 2.85. The van der Waals surface area contributed by atoms with Crippen LogP contribution >= 0.6 is 0 Å². The summed E-state index contributed by atoms with van der Waals surface area (Å²) in [4.78, 5) is 38.7. The predicted molar refractivity (Wildman–Crippen MR) is 80.8 cm³/mol. The first-order valence-corrected chi connectivity index (χ1v) is 7.87. The Hall–Kier alpha value is -1.67. The Labute approximate surface area is 130 Å². The second-order valence-corrected chi connectivity index (χ2v) is 5.82. The van der Waals surface area contributed by atoms with Crippen LogP contribution in [0.25, 0.3) is 0 Å². The normalized spacial score (nSPS) is 20.6. The van der Waals surface area contributed by atoms with Gasteiger partial charge in [0.25, 0.3) is 0 Å². The zero-order chi connectivity index (χ0) is 15.9. The van der Waals surface area contributed by atoms with Crippen molar-refractivity contribution in [1.82, 2.24) is 20.4 Å². The lowest BCUT2D eigenvalue weighted by atomic mass is 9.96. The molecule has 2 saturated heterocycles. The highest BCUT2D eigenvalue weighted by Gasteiger charge is 2.28. The number of hydrogen-bond donors (Lipinski definition) is 3. The standard InChI is InChI=1S/C14H25N5O3/c15-12(20)11-1-6-19(7-2-11)14(22)13(21)17-5-10-18-8-3-16-4-9-18/h11,16H,1-10H2,(H2,15,20)(H,17,21). The lowest BCUT2D eigenvalue weighted by Crippen LogP contribution is -2.50. The number of nitrogens with zero attached hydrogens (tertiary/aromatic N) is 2. The Morgan fingerprint density at radius 2 is 1.73 bits per heavy atom. The molecule has 0 saturated carbocycles. The van der Waals surface area contributed by atoms with E-state index in [1.54, 1.807) is 0 Å². The molecule has 0 aromatic rings. The summed E-state index contributed by atoms with van der Waals surface area (Å²) in [6.45, 7) is 5.90. The molecule has 0 aromatic carbocycles. The van der Waals surface area contributed by atoms with Crippen LogP contribution in [0.2, 0.25) is 0 Å². The van der Waals surface area contributed by atoms with E-state index in [-0.39, 0.29) is 11.8 Å². The van der Waals surface area contributed by atoms with E-state index in [1.165, 1.54) is 4.90 Å². The van der Waals surface area contributed by atoms with Gasteiger partial charge >= 0.3 is 11.8 Å². The topological polar surface area (TPSA) is 108 Å². The van der Waals surface area contributed by atoms with Crippen molar-refractivity contribution >= 4 is 17.7 Å². The number of piperazine rings is 1. The van der Waals surface area contributed by atoms with Crippen molar-refractivity contribution in [2.45, 2.75) is 12.8 Å². The van der Waals surface area contributed by atoms with Gasteiger partial charge in [-0.25, -0.2) is 0 Å². The molecule has 2 aliphatic rings. The van der Waals surface area contributed by atoms with Crippen LogP contribution in [0.1, 0.15) is 12.8 Å². The van der Waals surface area contributed by atoms with Gasteiger partial charge in [-0.15, -0.1) is 0 Å². The summed E-state index contributed by atoms with van der Waals surface area (Å²) in [6, 6.07) is 0. The van der Waals surface area contributed by atoms with Crippen LogP contribution in [0.15, 0.2) is 0 Å². The number of primary amides is 1. The van der Waals surface area contributed by atoms with Crippen molar-refractivity contribution < 1.29 is 14.4 Å². The largest absolute Gasteiger partial charge is 0.369 e. The molecule has 8 heteroatoms. The van der Waals surface area contributed by atoms with Gasteiger partial charge < -0.3 is 21.3 Å². The van der Waals surface area contributed by atoms with Gasteiger partial charge in [0, 0.05) is 58.3 Å². The summed E-state index contributed by atoms with van der Waals surface area (Å²) in [6.07, 6.45) is 1.07. The average Bonchev–Trinajstić information content (AvgIpc) is 2.55. The molecule has 0 bridgehead atoms. The first kappa shape index (κ1) is 16.7. The van der Waals surface area contributed by atoms with E-state index < -0.39 is 11.8 Å². The molecule has 0 aliphatic carbocycles. The molecule has 22 heavy (non-hydrogen) atoms. The minimum absolute atomic E-state index is 0.181. The van der Waals surface area contributed by atoms with Gasteiger partial charge in [0.15, 0.2) is 0 Å². The van der Waals surface area contributed by atoms with E-state index in [1.807, 2.05) is 0 Å². The third-order valence-electron chi connectivity index (χ3n) is 4.30. The molecular formula is C14H25N5O3. The Morgan fingerprint density at radius 1 is 1.09 bits per heavy atom. The van der Waals surface area contributed by atoms with Crippen molar-refractivity contribution in [3.05, 3.63) is 0 Å². The lowest BCUT2D eigenvalue weighted by Gasteiger charge is -2.30. The molecule has 3 amide bonds. The average molecular weight is 311 g/mol. The maximum absolute atomic E-state index is 12.0. The molecule has 124 valence electrons. The van der Waals surface area contributed by atoms with E-state index in [0.717, 1.165) is 32.7 Å². The minimum atomic E-state index is -0.562. The SMILES string of the molecule is NC(=O)C1CCN(C(=O)C(=O)NCCN2CCNCC2)CC1. The summed E-state index contributed by atoms with van der Waals surface area (Å²) < 4.78 is 0. The van der Waals surface area contributed by atoms with Crippen LogP contribution in [-0.2, 0) is 14.4 Å². The first-order valence-electron chi connectivity index (χ1n) is 7.87. The van der Waals surface area contributed by atoms with Gasteiger partial charge in [-0.2, -0.15) is 0 Å². The monoisotopic (exact) mass is 311 g/mol. The Balaban J connectivity index is 1.66. The van der Waals surface area contributed by atoms with Crippen LogP contribution in [0.5, 0.6) is 0 Å².